The standard InChI is InChI=1S/C20H23N3O5S/c1-26-16-9-14(10-17(27-2)19(16)28-3)20(25)21-12-18(24)23-22-11-13-5-7-15(29-4)8-6-13/h5-11H,12H2,1-4H3,(H,21,25)(H,23,24)/b22-11+. The van der Waals surface area contributed by atoms with Crippen LogP contribution < -0.4 is 25.0 Å². The Balaban J connectivity index is 1.92. The Morgan fingerprint density at radius 2 is 1.66 bits per heavy atom. The highest BCUT2D eigenvalue weighted by Crippen LogP contribution is 2.38. The van der Waals surface area contributed by atoms with Crippen LogP contribution in [0.4, 0.5) is 0 Å². The highest BCUT2D eigenvalue weighted by atomic mass is 32.2. The molecule has 2 aromatic rings. The smallest absolute Gasteiger partial charge is 0.259 e. The number of nitrogens with zero attached hydrogens (tertiary/aromatic N) is 1. The molecule has 0 aliphatic heterocycles. The zero-order valence-electron chi connectivity index (χ0n) is 16.6. The van der Waals surface area contributed by atoms with E-state index in [4.69, 9.17) is 14.2 Å². The summed E-state index contributed by atoms with van der Waals surface area (Å²) in [7, 11) is 4.39. The molecule has 0 saturated heterocycles. The zero-order valence-corrected chi connectivity index (χ0v) is 17.5. The number of ether oxygens (including phenoxy) is 3. The molecule has 0 spiro atoms. The third-order valence-electron chi connectivity index (χ3n) is 3.86. The summed E-state index contributed by atoms with van der Waals surface area (Å²) in [5.74, 6) is 0.153. The van der Waals surface area contributed by atoms with Crippen LogP contribution in [-0.2, 0) is 4.79 Å². The topological polar surface area (TPSA) is 98.2 Å². The number of amides is 2. The van der Waals surface area contributed by atoms with Crippen LogP contribution in [0.3, 0.4) is 0 Å². The van der Waals surface area contributed by atoms with Crippen LogP contribution in [0, 0.1) is 0 Å². The Bertz CT molecular complexity index is 859. The molecule has 0 heterocycles. The summed E-state index contributed by atoms with van der Waals surface area (Å²) in [6, 6.07) is 10.7. The maximum atomic E-state index is 12.4. The average molecular weight is 417 g/mol. The fourth-order valence-electron chi connectivity index (χ4n) is 2.38. The predicted octanol–water partition coefficient (Wildman–Crippen LogP) is 2.31. The zero-order chi connectivity index (χ0) is 21.2. The first kappa shape index (κ1) is 22.1. The van der Waals surface area contributed by atoms with E-state index in [1.54, 1.807) is 11.8 Å². The third-order valence-corrected chi connectivity index (χ3v) is 4.60. The van der Waals surface area contributed by atoms with E-state index in [1.807, 2.05) is 30.5 Å². The predicted molar refractivity (Wildman–Crippen MR) is 112 cm³/mol. The number of benzene rings is 2. The number of methoxy groups -OCH3 is 3. The molecule has 2 rings (SSSR count). The maximum absolute atomic E-state index is 12.4. The number of nitrogens with one attached hydrogen (secondary N) is 2. The molecule has 0 aliphatic carbocycles. The highest BCUT2D eigenvalue weighted by molar-refractivity contribution is 7.98. The van der Waals surface area contributed by atoms with E-state index in [0.717, 1.165) is 10.5 Å². The lowest BCUT2D eigenvalue weighted by Crippen LogP contribution is -2.34. The summed E-state index contributed by atoms with van der Waals surface area (Å²) in [4.78, 5) is 25.4. The number of carbonyl (C=O) groups excluding carboxylic acids is 2. The van der Waals surface area contributed by atoms with Crippen molar-refractivity contribution >= 4 is 29.8 Å². The van der Waals surface area contributed by atoms with Gasteiger partial charge < -0.3 is 19.5 Å². The molecule has 0 unspecified atom stereocenters. The van der Waals surface area contributed by atoms with Gasteiger partial charge in [0.1, 0.15) is 0 Å². The minimum atomic E-state index is -0.462. The first-order chi connectivity index (χ1) is 14.0. The molecule has 0 bridgehead atoms. The van der Waals surface area contributed by atoms with Crippen molar-refractivity contribution < 1.29 is 23.8 Å². The van der Waals surface area contributed by atoms with Crippen molar-refractivity contribution in [2.24, 2.45) is 5.10 Å². The van der Waals surface area contributed by atoms with E-state index in [0.29, 0.717) is 17.2 Å². The second-order valence-corrected chi connectivity index (χ2v) is 6.54. The SMILES string of the molecule is COc1cc(C(=O)NCC(=O)N/N=C/c2ccc(SC)cc2)cc(OC)c1OC. The molecule has 29 heavy (non-hydrogen) atoms. The average Bonchev–Trinajstić information content (AvgIpc) is 2.76. The van der Waals surface area contributed by atoms with Gasteiger partial charge in [0.15, 0.2) is 11.5 Å². The monoisotopic (exact) mass is 417 g/mol. The van der Waals surface area contributed by atoms with Crippen molar-refractivity contribution in [3.05, 3.63) is 47.5 Å². The highest BCUT2D eigenvalue weighted by Gasteiger charge is 2.17. The number of carbonyl (C=O) groups is 2. The van der Waals surface area contributed by atoms with Crippen LogP contribution in [0.25, 0.3) is 0 Å². The van der Waals surface area contributed by atoms with Gasteiger partial charge in [-0.3, -0.25) is 9.59 Å². The Labute approximate surface area is 173 Å². The summed E-state index contributed by atoms with van der Waals surface area (Å²) < 4.78 is 15.7. The molecule has 0 fully saturated rings. The molecule has 0 atom stereocenters. The Hall–Kier alpha value is -3.20. The first-order valence-electron chi connectivity index (χ1n) is 8.56. The van der Waals surface area contributed by atoms with Gasteiger partial charge >= 0.3 is 0 Å². The van der Waals surface area contributed by atoms with E-state index in [1.165, 1.54) is 39.7 Å². The van der Waals surface area contributed by atoms with Crippen LogP contribution in [0.1, 0.15) is 15.9 Å². The largest absolute Gasteiger partial charge is 0.493 e. The van der Waals surface area contributed by atoms with Crippen LogP contribution in [-0.4, -0.2) is 52.2 Å². The lowest BCUT2D eigenvalue weighted by molar-refractivity contribution is -0.120. The third kappa shape index (κ3) is 6.15. The van der Waals surface area contributed by atoms with Gasteiger partial charge in [0.2, 0.25) is 5.75 Å². The first-order valence-corrected chi connectivity index (χ1v) is 9.79. The molecule has 0 radical (unpaired) electrons. The van der Waals surface area contributed by atoms with Gasteiger partial charge in [0.05, 0.1) is 34.1 Å². The van der Waals surface area contributed by atoms with Gasteiger partial charge in [-0.2, -0.15) is 5.10 Å². The van der Waals surface area contributed by atoms with Crippen LogP contribution in [0.15, 0.2) is 46.4 Å². The van der Waals surface area contributed by atoms with E-state index in [-0.39, 0.29) is 12.1 Å². The second kappa shape index (κ2) is 11.0. The van der Waals surface area contributed by atoms with Gasteiger partial charge in [0, 0.05) is 10.5 Å². The molecule has 9 heteroatoms. The molecular weight excluding hydrogens is 394 g/mol. The van der Waals surface area contributed by atoms with Gasteiger partial charge in [-0.25, -0.2) is 5.43 Å². The van der Waals surface area contributed by atoms with Gasteiger partial charge in [-0.15, -0.1) is 11.8 Å². The number of rotatable bonds is 9. The molecule has 0 aromatic heterocycles. The van der Waals surface area contributed by atoms with E-state index < -0.39 is 11.8 Å². The lowest BCUT2D eigenvalue weighted by atomic mass is 10.1. The molecule has 2 N–H and O–H groups in total. The van der Waals surface area contributed by atoms with Crippen LogP contribution in [0.2, 0.25) is 0 Å². The summed E-state index contributed by atoms with van der Waals surface area (Å²) >= 11 is 1.64. The van der Waals surface area contributed by atoms with Crippen LogP contribution >= 0.6 is 11.8 Å². The van der Waals surface area contributed by atoms with Crippen molar-refractivity contribution in [2.75, 3.05) is 34.1 Å². The quantitative estimate of drug-likeness (QED) is 0.369. The van der Waals surface area contributed by atoms with Crippen molar-refractivity contribution in [2.45, 2.75) is 4.90 Å². The molecule has 154 valence electrons. The molecular formula is C20H23N3O5S. The fraction of sp³-hybridized carbons (Fsp3) is 0.250. The maximum Gasteiger partial charge on any atom is 0.259 e. The lowest BCUT2D eigenvalue weighted by Gasteiger charge is -2.14. The van der Waals surface area contributed by atoms with Gasteiger partial charge in [0.25, 0.3) is 11.8 Å². The second-order valence-electron chi connectivity index (χ2n) is 5.66. The summed E-state index contributed by atoms with van der Waals surface area (Å²) in [6.45, 7) is -0.238. The molecule has 2 amide bonds. The normalized spacial score (nSPS) is 10.5. The number of hydrogen-bond donors (Lipinski definition) is 2. The Kier molecular flexibility index (Phi) is 8.35. The van der Waals surface area contributed by atoms with Crippen molar-refractivity contribution in [3.63, 3.8) is 0 Å². The Morgan fingerprint density at radius 3 is 2.17 bits per heavy atom. The van der Waals surface area contributed by atoms with Crippen molar-refractivity contribution in [1.82, 2.24) is 10.7 Å². The van der Waals surface area contributed by atoms with Crippen molar-refractivity contribution in [3.8, 4) is 17.2 Å². The minimum absolute atomic E-state index is 0.238. The van der Waals surface area contributed by atoms with Gasteiger partial charge in [-0.05, 0) is 36.1 Å². The Morgan fingerprint density at radius 1 is 1.03 bits per heavy atom. The molecule has 0 aliphatic rings. The molecule has 2 aromatic carbocycles. The fourth-order valence-corrected chi connectivity index (χ4v) is 2.79. The number of hydrazone groups is 1. The van der Waals surface area contributed by atoms with E-state index >= 15 is 0 Å². The van der Waals surface area contributed by atoms with Crippen molar-refractivity contribution in [1.29, 1.82) is 0 Å². The number of hydrogen-bond acceptors (Lipinski definition) is 7. The molecule has 0 saturated carbocycles. The summed E-state index contributed by atoms with van der Waals surface area (Å²) in [5.41, 5.74) is 3.49. The summed E-state index contributed by atoms with van der Waals surface area (Å²) in [5, 5.41) is 6.41. The number of thioether (sulfide) groups is 1. The molecule has 8 nitrogen and oxygen atoms in total. The van der Waals surface area contributed by atoms with E-state index in [9.17, 15) is 9.59 Å². The minimum Gasteiger partial charge on any atom is -0.493 e. The van der Waals surface area contributed by atoms with Gasteiger partial charge in [-0.1, -0.05) is 12.1 Å². The summed E-state index contributed by atoms with van der Waals surface area (Å²) in [6.07, 6.45) is 3.53. The van der Waals surface area contributed by atoms with Crippen LogP contribution in [0.5, 0.6) is 17.2 Å². The van der Waals surface area contributed by atoms with E-state index in [2.05, 4.69) is 15.8 Å².